The van der Waals surface area contributed by atoms with Crippen LogP contribution in [0, 0.1) is 11.8 Å². The van der Waals surface area contributed by atoms with Gasteiger partial charge in [-0.1, -0.05) is 6.92 Å². The molecule has 0 radical (unpaired) electrons. The van der Waals surface area contributed by atoms with Crippen molar-refractivity contribution in [2.24, 2.45) is 11.8 Å². The van der Waals surface area contributed by atoms with Gasteiger partial charge < -0.3 is 0 Å². The van der Waals surface area contributed by atoms with Gasteiger partial charge in [-0.15, -0.1) is 0 Å². The summed E-state index contributed by atoms with van der Waals surface area (Å²) in [7, 11) is 0. The predicted molar refractivity (Wildman–Crippen MR) is 68.8 cm³/mol. The number of carbonyl (C=O) groups excluding carboxylic acids is 3. The van der Waals surface area contributed by atoms with Crippen molar-refractivity contribution in [3.05, 3.63) is 0 Å². The second-order valence-corrected chi connectivity index (χ2v) is 5.23. The molecule has 1 aliphatic carbocycles. The van der Waals surface area contributed by atoms with Crippen LogP contribution in [0.2, 0.25) is 0 Å². The quantitative estimate of drug-likeness (QED) is 0.682. The Morgan fingerprint density at radius 1 is 1.22 bits per heavy atom. The third-order valence-corrected chi connectivity index (χ3v) is 3.79. The van der Waals surface area contributed by atoms with Gasteiger partial charge in [0, 0.05) is 18.9 Å². The van der Waals surface area contributed by atoms with E-state index in [0.29, 0.717) is 25.3 Å². The van der Waals surface area contributed by atoms with E-state index >= 15 is 0 Å². The smallest absolute Gasteiger partial charge is 0.228 e. The molecule has 0 aromatic rings. The predicted octanol–water partition coefficient (Wildman–Crippen LogP) is 2.17. The Labute approximate surface area is 109 Å². The Bertz CT molecular complexity index is 306. The first-order valence-corrected chi connectivity index (χ1v) is 6.83. The molecule has 0 heterocycles. The van der Waals surface area contributed by atoms with E-state index in [-0.39, 0.29) is 17.6 Å². The summed E-state index contributed by atoms with van der Waals surface area (Å²) in [6.07, 6.45) is 5.52. The van der Waals surface area contributed by atoms with E-state index in [1.54, 1.807) is 6.92 Å². The highest BCUT2D eigenvalue weighted by Gasteiger charge is 2.26. The van der Waals surface area contributed by atoms with Crippen LogP contribution in [0.5, 0.6) is 0 Å². The molecule has 0 aliphatic heterocycles. The maximum atomic E-state index is 11.7. The largest absolute Gasteiger partial charge is 0.300 e. The lowest BCUT2D eigenvalue weighted by atomic mass is 9.80. The second-order valence-electron chi connectivity index (χ2n) is 5.23. The van der Waals surface area contributed by atoms with Crippen LogP contribution in [0.25, 0.3) is 0 Å². The van der Waals surface area contributed by atoms with Gasteiger partial charge >= 0.3 is 0 Å². The maximum absolute atomic E-state index is 11.7. The monoisotopic (exact) mass is 253 g/mol. The normalized spacial score (nSPS) is 23.4. The molecule has 1 rings (SSSR count). The van der Waals surface area contributed by atoms with Crippen LogP contribution in [0.1, 0.15) is 52.4 Å². The Kier molecular flexibility index (Phi) is 6.02. The lowest BCUT2D eigenvalue weighted by Crippen LogP contribution is -2.35. The van der Waals surface area contributed by atoms with Crippen molar-refractivity contribution in [1.82, 2.24) is 4.90 Å². The van der Waals surface area contributed by atoms with E-state index in [1.165, 1.54) is 4.90 Å². The third-order valence-electron chi connectivity index (χ3n) is 3.79. The number of ketones is 1. The van der Waals surface area contributed by atoms with Gasteiger partial charge in [0.05, 0.1) is 0 Å². The number of carbonyl (C=O) groups is 3. The minimum Gasteiger partial charge on any atom is -0.300 e. The molecule has 1 fully saturated rings. The van der Waals surface area contributed by atoms with Crippen LogP contribution < -0.4 is 0 Å². The highest BCUT2D eigenvalue weighted by atomic mass is 16.2. The van der Waals surface area contributed by atoms with Gasteiger partial charge in [0.15, 0.2) is 0 Å². The number of hydrogen-bond acceptors (Lipinski definition) is 3. The van der Waals surface area contributed by atoms with Gasteiger partial charge in [0.25, 0.3) is 0 Å². The average molecular weight is 253 g/mol. The summed E-state index contributed by atoms with van der Waals surface area (Å²) in [6, 6.07) is 0. The molecule has 0 unspecified atom stereocenters. The first kappa shape index (κ1) is 14.9. The fraction of sp³-hybridized carbons (Fsp3) is 0.786. The summed E-state index contributed by atoms with van der Waals surface area (Å²) in [5.41, 5.74) is 0. The summed E-state index contributed by atoms with van der Waals surface area (Å²) >= 11 is 0. The van der Waals surface area contributed by atoms with Crippen molar-refractivity contribution in [2.45, 2.75) is 52.4 Å². The molecule has 0 spiro atoms. The minimum absolute atomic E-state index is 0.0822. The van der Waals surface area contributed by atoms with Gasteiger partial charge in [-0.2, -0.15) is 0 Å². The molecular weight excluding hydrogens is 230 g/mol. The Morgan fingerprint density at radius 2 is 1.83 bits per heavy atom. The summed E-state index contributed by atoms with van der Waals surface area (Å²) in [4.78, 5) is 35.1. The lowest BCUT2D eigenvalue weighted by molar-refractivity contribution is -0.139. The second kappa shape index (κ2) is 7.29. The van der Waals surface area contributed by atoms with Gasteiger partial charge in [0.1, 0.15) is 5.78 Å². The fourth-order valence-corrected chi connectivity index (χ4v) is 2.59. The molecule has 1 saturated carbocycles. The van der Waals surface area contributed by atoms with E-state index in [0.717, 1.165) is 32.1 Å². The van der Waals surface area contributed by atoms with E-state index in [2.05, 4.69) is 0 Å². The summed E-state index contributed by atoms with van der Waals surface area (Å²) < 4.78 is 0. The molecule has 0 aromatic carbocycles. The van der Waals surface area contributed by atoms with Crippen LogP contribution in [0.15, 0.2) is 0 Å². The van der Waals surface area contributed by atoms with Crippen LogP contribution in [0.3, 0.4) is 0 Å². The van der Waals surface area contributed by atoms with Crippen molar-refractivity contribution in [2.75, 3.05) is 6.54 Å². The number of amides is 2. The lowest BCUT2D eigenvalue weighted by Gasteiger charge is -2.29. The van der Waals surface area contributed by atoms with Gasteiger partial charge in [-0.25, -0.2) is 0 Å². The van der Waals surface area contributed by atoms with Crippen molar-refractivity contribution in [1.29, 1.82) is 0 Å². The Morgan fingerprint density at radius 3 is 2.28 bits per heavy atom. The number of rotatable bonds is 6. The minimum atomic E-state index is -0.0822. The summed E-state index contributed by atoms with van der Waals surface area (Å²) in [5, 5.41) is 0. The zero-order valence-corrected chi connectivity index (χ0v) is 11.4. The molecule has 2 amide bonds. The van der Waals surface area contributed by atoms with Crippen molar-refractivity contribution >= 4 is 18.1 Å². The van der Waals surface area contributed by atoms with Crippen molar-refractivity contribution < 1.29 is 14.4 Å². The fourth-order valence-electron chi connectivity index (χ4n) is 2.59. The highest BCUT2D eigenvalue weighted by molar-refractivity contribution is 5.86. The van der Waals surface area contributed by atoms with Crippen molar-refractivity contribution in [3.63, 3.8) is 0 Å². The molecular formula is C14H23NO3. The van der Waals surface area contributed by atoms with Crippen LogP contribution in [0.4, 0.5) is 0 Å². The molecule has 0 aromatic heterocycles. The van der Waals surface area contributed by atoms with Crippen LogP contribution in [-0.2, 0) is 14.4 Å². The van der Waals surface area contributed by atoms with E-state index in [4.69, 9.17) is 0 Å². The van der Waals surface area contributed by atoms with Crippen LogP contribution in [-0.4, -0.2) is 29.5 Å². The van der Waals surface area contributed by atoms with Crippen LogP contribution >= 0.6 is 0 Å². The number of Topliss-reactive ketones (excluding diaryl/α,β-unsaturated/α-hetero) is 1. The van der Waals surface area contributed by atoms with E-state index < -0.39 is 0 Å². The molecule has 102 valence electrons. The first-order chi connectivity index (χ1) is 8.58. The molecule has 0 saturated heterocycles. The average Bonchev–Trinajstić information content (AvgIpc) is 2.36. The zero-order chi connectivity index (χ0) is 13.5. The molecule has 4 heteroatoms. The summed E-state index contributed by atoms with van der Waals surface area (Å²) in [6.45, 7) is 4.10. The number of nitrogens with zero attached hydrogens (tertiary/aromatic N) is 1. The Balaban J connectivity index is 2.41. The molecule has 1 aliphatic rings. The van der Waals surface area contributed by atoms with E-state index in [9.17, 15) is 14.4 Å². The SMILES string of the molecule is CCCC(=O)N(C=O)CC1CCC(C(C)=O)CC1. The highest BCUT2D eigenvalue weighted by Crippen LogP contribution is 2.29. The molecule has 0 atom stereocenters. The first-order valence-electron chi connectivity index (χ1n) is 6.83. The Hall–Kier alpha value is -1.19. The molecule has 18 heavy (non-hydrogen) atoms. The maximum Gasteiger partial charge on any atom is 0.228 e. The number of hydrogen-bond donors (Lipinski definition) is 0. The van der Waals surface area contributed by atoms with Crippen molar-refractivity contribution in [3.8, 4) is 0 Å². The topological polar surface area (TPSA) is 54.5 Å². The third kappa shape index (κ3) is 4.24. The molecule has 0 bridgehead atoms. The molecule has 4 nitrogen and oxygen atoms in total. The standard InChI is InChI=1S/C14H23NO3/c1-3-4-14(18)15(10-16)9-12-5-7-13(8-6-12)11(2)17/h10,12-13H,3-9H2,1-2H3. The van der Waals surface area contributed by atoms with Gasteiger partial charge in [-0.3, -0.25) is 19.3 Å². The van der Waals surface area contributed by atoms with Gasteiger partial charge in [-0.05, 0) is 44.9 Å². The zero-order valence-electron chi connectivity index (χ0n) is 11.4. The van der Waals surface area contributed by atoms with Gasteiger partial charge in [0.2, 0.25) is 12.3 Å². The van der Waals surface area contributed by atoms with E-state index in [1.807, 2.05) is 6.92 Å². The molecule has 0 N–H and O–H groups in total. The number of imide groups is 1. The summed E-state index contributed by atoms with van der Waals surface area (Å²) in [5.74, 6) is 0.743.